The Hall–Kier alpha value is -1.02. The molecule has 0 aliphatic heterocycles. The van der Waals surface area contributed by atoms with E-state index in [9.17, 15) is 0 Å². The minimum atomic E-state index is 0.337. The highest BCUT2D eigenvalue weighted by molar-refractivity contribution is 5.35. The quantitative estimate of drug-likeness (QED) is 0.801. The van der Waals surface area contributed by atoms with Crippen LogP contribution in [0.2, 0.25) is 0 Å². The number of hydrogen-bond acceptors (Lipinski definition) is 2. The zero-order valence-corrected chi connectivity index (χ0v) is 10.1. The molecule has 1 atom stereocenters. The Labute approximate surface area is 92.6 Å². The number of nitrogens with one attached hydrogen (secondary N) is 1. The van der Waals surface area contributed by atoms with Crippen molar-refractivity contribution in [1.82, 2.24) is 5.32 Å². The lowest BCUT2D eigenvalue weighted by atomic mass is 10.1. The van der Waals surface area contributed by atoms with Crippen molar-refractivity contribution in [2.45, 2.75) is 26.8 Å². The summed E-state index contributed by atoms with van der Waals surface area (Å²) >= 11 is 0. The summed E-state index contributed by atoms with van der Waals surface area (Å²) in [6, 6.07) is 8.49. The van der Waals surface area contributed by atoms with Gasteiger partial charge in [-0.3, -0.25) is 0 Å². The topological polar surface area (TPSA) is 21.3 Å². The molecule has 0 heterocycles. The first-order valence-corrected chi connectivity index (χ1v) is 5.51. The first kappa shape index (κ1) is 12.1. The number of ether oxygens (including phenoxy) is 1. The third-order valence-corrected chi connectivity index (χ3v) is 2.44. The summed E-state index contributed by atoms with van der Waals surface area (Å²) in [4.78, 5) is 0. The van der Waals surface area contributed by atoms with Crippen LogP contribution in [0.15, 0.2) is 24.3 Å². The highest BCUT2D eigenvalue weighted by Crippen LogP contribution is 2.24. The van der Waals surface area contributed by atoms with Gasteiger partial charge >= 0.3 is 0 Å². The largest absolute Gasteiger partial charge is 0.496 e. The highest BCUT2D eigenvalue weighted by atomic mass is 16.5. The Morgan fingerprint density at radius 2 is 1.87 bits per heavy atom. The molecule has 15 heavy (non-hydrogen) atoms. The van der Waals surface area contributed by atoms with Crippen LogP contribution in [-0.2, 0) is 0 Å². The van der Waals surface area contributed by atoms with Crippen LogP contribution >= 0.6 is 0 Å². The SMILES string of the molecule is COc1ccccc1[C@@H](C)NCC(C)C. The fraction of sp³-hybridized carbons (Fsp3) is 0.538. The van der Waals surface area contributed by atoms with Gasteiger partial charge in [0.15, 0.2) is 0 Å². The van der Waals surface area contributed by atoms with Crippen LogP contribution in [0.3, 0.4) is 0 Å². The van der Waals surface area contributed by atoms with Gasteiger partial charge in [-0.1, -0.05) is 32.0 Å². The van der Waals surface area contributed by atoms with Gasteiger partial charge in [0.1, 0.15) is 5.75 Å². The number of para-hydroxylation sites is 1. The second-order valence-corrected chi connectivity index (χ2v) is 4.27. The van der Waals surface area contributed by atoms with Crippen LogP contribution in [0.25, 0.3) is 0 Å². The van der Waals surface area contributed by atoms with Crippen molar-refractivity contribution >= 4 is 0 Å². The predicted octanol–water partition coefficient (Wildman–Crippen LogP) is 3.00. The molecule has 0 amide bonds. The molecule has 0 aliphatic carbocycles. The third-order valence-electron chi connectivity index (χ3n) is 2.44. The molecule has 1 aromatic carbocycles. The van der Waals surface area contributed by atoms with E-state index in [1.807, 2.05) is 18.2 Å². The average molecular weight is 207 g/mol. The number of benzene rings is 1. The predicted molar refractivity (Wildman–Crippen MR) is 64.2 cm³/mol. The van der Waals surface area contributed by atoms with E-state index in [0.717, 1.165) is 12.3 Å². The monoisotopic (exact) mass is 207 g/mol. The van der Waals surface area contributed by atoms with Gasteiger partial charge in [0.25, 0.3) is 0 Å². The van der Waals surface area contributed by atoms with Gasteiger partial charge in [-0.25, -0.2) is 0 Å². The normalized spacial score (nSPS) is 12.9. The van der Waals surface area contributed by atoms with Gasteiger partial charge in [0, 0.05) is 11.6 Å². The fourth-order valence-corrected chi connectivity index (χ4v) is 1.55. The molecule has 0 saturated heterocycles. The lowest BCUT2D eigenvalue weighted by Crippen LogP contribution is -2.23. The Bertz CT molecular complexity index is 296. The summed E-state index contributed by atoms with van der Waals surface area (Å²) in [6.45, 7) is 7.61. The van der Waals surface area contributed by atoms with Crippen LogP contribution < -0.4 is 10.1 Å². The van der Waals surface area contributed by atoms with Crippen LogP contribution in [0, 0.1) is 5.92 Å². The van der Waals surface area contributed by atoms with E-state index in [2.05, 4.69) is 32.2 Å². The van der Waals surface area contributed by atoms with Crippen molar-refractivity contribution in [2.75, 3.05) is 13.7 Å². The Kier molecular flexibility index (Phi) is 4.63. The second-order valence-electron chi connectivity index (χ2n) is 4.27. The van der Waals surface area contributed by atoms with Gasteiger partial charge in [-0.2, -0.15) is 0 Å². The van der Waals surface area contributed by atoms with Gasteiger partial charge in [-0.15, -0.1) is 0 Å². The van der Waals surface area contributed by atoms with Gasteiger partial charge in [0.2, 0.25) is 0 Å². The fourth-order valence-electron chi connectivity index (χ4n) is 1.55. The minimum Gasteiger partial charge on any atom is -0.496 e. The van der Waals surface area contributed by atoms with Crippen molar-refractivity contribution in [2.24, 2.45) is 5.92 Å². The molecule has 1 rings (SSSR count). The van der Waals surface area contributed by atoms with Crippen molar-refractivity contribution in [3.05, 3.63) is 29.8 Å². The van der Waals surface area contributed by atoms with Crippen molar-refractivity contribution in [3.63, 3.8) is 0 Å². The highest BCUT2D eigenvalue weighted by Gasteiger charge is 2.09. The molecule has 0 aromatic heterocycles. The van der Waals surface area contributed by atoms with Crippen LogP contribution in [0.5, 0.6) is 5.75 Å². The summed E-state index contributed by atoms with van der Waals surface area (Å²) in [5.74, 6) is 1.63. The molecule has 84 valence electrons. The molecule has 0 fully saturated rings. The van der Waals surface area contributed by atoms with E-state index in [-0.39, 0.29) is 0 Å². The maximum Gasteiger partial charge on any atom is 0.123 e. The maximum atomic E-state index is 5.33. The zero-order chi connectivity index (χ0) is 11.3. The van der Waals surface area contributed by atoms with Crippen LogP contribution in [0.4, 0.5) is 0 Å². The Morgan fingerprint density at radius 3 is 2.47 bits per heavy atom. The van der Waals surface area contributed by atoms with Gasteiger partial charge in [-0.05, 0) is 25.5 Å². The van der Waals surface area contributed by atoms with E-state index in [0.29, 0.717) is 12.0 Å². The maximum absolute atomic E-state index is 5.33. The molecule has 0 spiro atoms. The van der Waals surface area contributed by atoms with Crippen LogP contribution in [-0.4, -0.2) is 13.7 Å². The van der Waals surface area contributed by atoms with Gasteiger partial charge < -0.3 is 10.1 Å². The van der Waals surface area contributed by atoms with Crippen LogP contribution in [0.1, 0.15) is 32.4 Å². The molecule has 0 aliphatic rings. The van der Waals surface area contributed by atoms with Crippen molar-refractivity contribution in [1.29, 1.82) is 0 Å². The zero-order valence-electron chi connectivity index (χ0n) is 10.1. The third kappa shape index (κ3) is 3.56. The summed E-state index contributed by atoms with van der Waals surface area (Å²) in [7, 11) is 1.72. The van der Waals surface area contributed by atoms with Crippen molar-refractivity contribution < 1.29 is 4.74 Å². The molecular weight excluding hydrogens is 186 g/mol. The van der Waals surface area contributed by atoms with E-state index < -0.39 is 0 Å². The summed E-state index contributed by atoms with van der Waals surface area (Å²) in [5.41, 5.74) is 1.22. The van der Waals surface area contributed by atoms with E-state index in [4.69, 9.17) is 4.74 Å². The Balaban J connectivity index is 2.68. The van der Waals surface area contributed by atoms with Crippen molar-refractivity contribution in [3.8, 4) is 5.75 Å². The number of hydrogen-bond donors (Lipinski definition) is 1. The molecule has 0 bridgehead atoms. The lowest BCUT2D eigenvalue weighted by molar-refractivity contribution is 0.398. The first-order valence-electron chi connectivity index (χ1n) is 5.51. The first-order chi connectivity index (χ1) is 7.15. The van der Waals surface area contributed by atoms with E-state index in [1.54, 1.807) is 7.11 Å². The molecule has 0 unspecified atom stereocenters. The van der Waals surface area contributed by atoms with Gasteiger partial charge in [0.05, 0.1) is 7.11 Å². The van der Waals surface area contributed by atoms with E-state index >= 15 is 0 Å². The number of methoxy groups -OCH3 is 1. The summed E-state index contributed by atoms with van der Waals surface area (Å²) < 4.78 is 5.33. The minimum absolute atomic E-state index is 0.337. The molecule has 2 heteroatoms. The average Bonchev–Trinajstić information content (AvgIpc) is 2.25. The standard InChI is InChI=1S/C13H21NO/c1-10(2)9-14-11(3)12-7-5-6-8-13(12)15-4/h5-8,10-11,14H,9H2,1-4H3/t11-/m1/s1. The molecular formula is C13H21NO. The van der Waals surface area contributed by atoms with E-state index in [1.165, 1.54) is 5.56 Å². The number of rotatable bonds is 5. The molecule has 0 radical (unpaired) electrons. The molecule has 1 N–H and O–H groups in total. The lowest BCUT2D eigenvalue weighted by Gasteiger charge is -2.18. The smallest absolute Gasteiger partial charge is 0.123 e. The summed E-state index contributed by atoms with van der Waals surface area (Å²) in [5, 5.41) is 3.49. The molecule has 2 nitrogen and oxygen atoms in total. The summed E-state index contributed by atoms with van der Waals surface area (Å²) in [6.07, 6.45) is 0. The molecule has 0 saturated carbocycles. The second kappa shape index (κ2) is 5.76. The Morgan fingerprint density at radius 1 is 1.20 bits per heavy atom. The molecule has 1 aromatic rings.